The Hall–Kier alpha value is -0.120. The van der Waals surface area contributed by atoms with Crippen molar-refractivity contribution in [1.82, 2.24) is 10.2 Å². The lowest BCUT2D eigenvalue weighted by Crippen LogP contribution is -2.40. The van der Waals surface area contributed by atoms with Crippen molar-refractivity contribution in [1.29, 1.82) is 0 Å². The van der Waals surface area contributed by atoms with E-state index in [1.165, 1.54) is 45.3 Å². The number of ether oxygens (including phenoxy) is 1. The molecule has 3 nitrogen and oxygen atoms in total. The Morgan fingerprint density at radius 3 is 2.80 bits per heavy atom. The summed E-state index contributed by atoms with van der Waals surface area (Å²) in [4.78, 5) is 2.66. The van der Waals surface area contributed by atoms with Crippen LogP contribution in [0.15, 0.2) is 0 Å². The van der Waals surface area contributed by atoms with Crippen LogP contribution in [0, 0.1) is 0 Å². The van der Waals surface area contributed by atoms with Gasteiger partial charge in [0.25, 0.3) is 0 Å². The predicted octanol–water partition coefficient (Wildman–Crippen LogP) is 1.24. The van der Waals surface area contributed by atoms with Gasteiger partial charge in [-0.3, -0.25) is 4.90 Å². The zero-order chi connectivity index (χ0) is 10.5. The van der Waals surface area contributed by atoms with Gasteiger partial charge < -0.3 is 10.1 Å². The highest BCUT2D eigenvalue weighted by atomic mass is 16.5. The average molecular weight is 212 g/mol. The number of nitrogens with zero attached hydrogens (tertiary/aromatic N) is 1. The molecule has 1 atom stereocenters. The summed E-state index contributed by atoms with van der Waals surface area (Å²) in [5, 5.41) is 3.63. The van der Waals surface area contributed by atoms with E-state index >= 15 is 0 Å². The molecule has 0 aromatic heterocycles. The average Bonchev–Trinajstić information content (AvgIpc) is 2.76. The van der Waals surface area contributed by atoms with Gasteiger partial charge in [0.05, 0.1) is 0 Å². The van der Waals surface area contributed by atoms with Crippen molar-refractivity contribution in [2.45, 2.75) is 44.7 Å². The molecule has 0 aliphatic carbocycles. The Morgan fingerprint density at radius 2 is 2.07 bits per heavy atom. The smallest absolute Gasteiger partial charge is 0.0480 e. The van der Waals surface area contributed by atoms with Crippen LogP contribution >= 0.6 is 0 Å². The summed E-state index contributed by atoms with van der Waals surface area (Å²) in [6.07, 6.45) is 5.05. The fourth-order valence-corrected chi connectivity index (χ4v) is 2.68. The van der Waals surface area contributed by atoms with Gasteiger partial charge >= 0.3 is 0 Å². The molecule has 0 aromatic carbocycles. The van der Waals surface area contributed by atoms with Crippen LogP contribution in [0.2, 0.25) is 0 Å². The summed E-state index contributed by atoms with van der Waals surface area (Å²) < 4.78 is 5.41. The van der Waals surface area contributed by atoms with E-state index in [1.54, 1.807) is 0 Å². The molecule has 2 saturated heterocycles. The normalized spacial score (nSPS) is 29.8. The highest BCUT2D eigenvalue weighted by molar-refractivity contribution is 4.86. The van der Waals surface area contributed by atoms with E-state index in [0.29, 0.717) is 0 Å². The first kappa shape index (κ1) is 11.4. The van der Waals surface area contributed by atoms with Gasteiger partial charge in [-0.25, -0.2) is 0 Å². The molecule has 2 rings (SSSR count). The zero-order valence-corrected chi connectivity index (χ0v) is 9.87. The molecule has 0 bridgehead atoms. The van der Waals surface area contributed by atoms with E-state index < -0.39 is 0 Å². The lowest BCUT2D eigenvalue weighted by atomic mass is 10.1. The van der Waals surface area contributed by atoms with E-state index in [1.807, 2.05) is 0 Å². The number of hydrogen-bond donors (Lipinski definition) is 1. The molecule has 15 heavy (non-hydrogen) atoms. The van der Waals surface area contributed by atoms with Gasteiger partial charge in [0.1, 0.15) is 0 Å². The Bertz CT molecular complexity index is 180. The second-order valence-electron chi connectivity index (χ2n) is 4.78. The fourth-order valence-electron chi connectivity index (χ4n) is 2.68. The van der Waals surface area contributed by atoms with Crippen molar-refractivity contribution in [3.8, 4) is 0 Å². The second-order valence-corrected chi connectivity index (χ2v) is 4.78. The Morgan fingerprint density at radius 1 is 1.27 bits per heavy atom. The summed E-state index contributed by atoms with van der Waals surface area (Å²) in [6, 6.07) is 1.54. The van der Waals surface area contributed by atoms with Crippen molar-refractivity contribution in [3.05, 3.63) is 0 Å². The van der Waals surface area contributed by atoms with E-state index in [0.717, 1.165) is 25.3 Å². The number of likely N-dealkylation sites (tertiary alicyclic amines) is 1. The van der Waals surface area contributed by atoms with Gasteiger partial charge in [-0.1, -0.05) is 6.92 Å². The van der Waals surface area contributed by atoms with Crippen LogP contribution in [-0.4, -0.2) is 49.8 Å². The van der Waals surface area contributed by atoms with E-state index in [-0.39, 0.29) is 0 Å². The monoisotopic (exact) mass is 212 g/mol. The zero-order valence-electron chi connectivity index (χ0n) is 9.87. The molecule has 0 saturated carbocycles. The molecule has 0 radical (unpaired) electrons. The third-order valence-corrected chi connectivity index (χ3v) is 3.61. The minimum Gasteiger partial charge on any atom is -0.381 e. The van der Waals surface area contributed by atoms with E-state index in [9.17, 15) is 0 Å². The largest absolute Gasteiger partial charge is 0.381 e. The van der Waals surface area contributed by atoms with Crippen LogP contribution in [0.4, 0.5) is 0 Å². The quantitative estimate of drug-likeness (QED) is 0.759. The molecule has 2 heterocycles. The van der Waals surface area contributed by atoms with Crippen LogP contribution in [0.1, 0.15) is 32.6 Å². The van der Waals surface area contributed by atoms with Crippen LogP contribution in [-0.2, 0) is 4.74 Å². The summed E-state index contributed by atoms with van der Waals surface area (Å²) in [6.45, 7) is 7.88. The standard InChI is InChI=1S/C12H24N2O/c1-2-6-13-11-3-7-14(10-11)12-4-8-15-9-5-12/h11-13H,2-10H2,1H3. The first-order chi connectivity index (χ1) is 7.40. The fraction of sp³-hybridized carbons (Fsp3) is 1.00. The van der Waals surface area contributed by atoms with Gasteiger partial charge in [0.2, 0.25) is 0 Å². The molecule has 3 heteroatoms. The molecule has 88 valence electrons. The Kier molecular flexibility index (Phi) is 4.42. The number of nitrogens with one attached hydrogen (secondary N) is 1. The maximum absolute atomic E-state index is 5.41. The van der Waals surface area contributed by atoms with E-state index in [2.05, 4.69) is 17.1 Å². The molecular weight excluding hydrogens is 188 g/mol. The van der Waals surface area contributed by atoms with Crippen molar-refractivity contribution in [3.63, 3.8) is 0 Å². The minimum atomic E-state index is 0.743. The third kappa shape index (κ3) is 3.16. The highest BCUT2D eigenvalue weighted by Crippen LogP contribution is 2.19. The predicted molar refractivity (Wildman–Crippen MR) is 62.1 cm³/mol. The molecule has 1 unspecified atom stereocenters. The van der Waals surface area contributed by atoms with Crippen LogP contribution < -0.4 is 5.32 Å². The van der Waals surface area contributed by atoms with Crippen molar-refractivity contribution in [2.24, 2.45) is 0 Å². The van der Waals surface area contributed by atoms with Crippen LogP contribution in [0.5, 0.6) is 0 Å². The molecule has 0 aromatic rings. The second kappa shape index (κ2) is 5.83. The maximum Gasteiger partial charge on any atom is 0.0480 e. The SMILES string of the molecule is CCCNC1CCN(C2CCOCC2)C1. The Labute approximate surface area is 93.2 Å². The first-order valence-electron chi connectivity index (χ1n) is 6.45. The molecule has 2 aliphatic heterocycles. The van der Waals surface area contributed by atoms with Crippen molar-refractivity contribution >= 4 is 0 Å². The summed E-state index contributed by atoms with van der Waals surface area (Å²) in [5.41, 5.74) is 0. The summed E-state index contributed by atoms with van der Waals surface area (Å²) in [7, 11) is 0. The summed E-state index contributed by atoms with van der Waals surface area (Å²) >= 11 is 0. The van der Waals surface area contributed by atoms with Crippen LogP contribution in [0.25, 0.3) is 0 Å². The first-order valence-corrected chi connectivity index (χ1v) is 6.45. The van der Waals surface area contributed by atoms with Gasteiger partial charge in [-0.2, -0.15) is 0 Å². The molecule has 2 aliphatic rings. The maximum atomic E-state index is 5.41. The van der Waals surface area contributed by atoms with Gasteiger partial charge in [-0.05, 0) is 32.2 Å². The van der Waals surface area contributed by atoms with Crippen LogP contribution in [0.3, 0.4) is 0 Å². The number of hydrogen-bond acceptors (Lipinski definition) is 3. The minimum absolute atomic E-state index is 0.743. The molecule has 0 spiro atoms. The van der Waals surface area contributed by atoms with Gasteiger partial charge in [-0.15, -0.1) is 0 Å². The summed E-state index contributed by atoms with van der Waals surface area (Å²) in [5.74, 6) is 0. The lowest BCUT2D eigenvalue weighted by molar-refractivity contribution is 0.0417. The van der Waals surface area contributed by atoms with Crippen molar-refractivity contribution < 1.29 is 4.74 Å². The molecule has 1 N–H and O–H groups in total. The van der Waals surface area contributed by atoms with Gasteiger partial charge in [0.15, 0.2) is 0 Å². The number of rotatable bonds is 4. The topological polar surface area (TPSA) is 24.5 Å². The molecule has 2 fully saturated rings. The van der Waals surface area contributed by atoms with E-state index in [4.69, 9.17) is 4.74 Å². The van der Waals surface area contributed by atoms with Crippen molar-refractivity contribution in [2.75, 3.05) is 32.8 Å². The highest BCUT2D eigenvalue weighted by Gasteiger charge is 2.28. The molecule has 0 amide bonds. The lowest BCUT2D eigenvalue weighted by Gasteiger charge is -2.31. The third-order valence-electron chi connectivity index (χ3n) is 3.61. The Balaban J connectivity index is 1.71. The molecular formula is C12H24N2O. The van der Waals surface area contributed by atoms with Gasteiger partial charge in [0, 0.05) is 38.4 Å².